The Kier molecular flexibility index (Phi) is 3.98. The van der Waals surface area contributed by atoms with Gasteiger partial charge < -0.3 is 15.2 Å². The third kappa shape index (κ3) is 3.01. The summed E-state index contributed by atoms with van der Waals surface area (Å²) in [4.78, 5) is 8.45. The molecule has 0 aliphatic carbocycles. The molecule has 0 fully saturated rings. The molecule has 2 aromatic carbocycles. The molecule has 0 aliphatic heterocycles. The van der Waals surface area contributed by atoms with Gasteiger partial charge in [-0.05, 0) is 23.8 Å². The number of benzene rings is 2. The number of phenolic OH excluding ortho intramolecular Hbond substituents is 1. The molecule has 3 rings (SSSR count). The molecule has 1 heterocycles. The third-order valence-electron chi connectivity index (χ3n) is 3.49. The van der Waals surface area contributed by atoms with E-state index in [4.69, 9.17) is 11.2 Å². The molecule has 0 atom stereocenters. The highest BCUT2D eigenvalue weighted by atomic mass is 16.5. The van der Waals surface area contributed by atoms with Gasteiger partial charge in [0.15, 0.2) is 11.5 Å². The van der Waals surface area contributed by atoms with Crippen molar-refractivity contribution in [2.24, 2.45) is 0 Å². The fourth-order valence-electron chi connectivity index (χ4n) is 2.33. The number of methoxy groups -OCH3 is 1. The van der Waals surface area contributed by atoms with Crippen LogP contribution >= 0.6 is 0 Å². The van der Waals surface area contributed by atoms with Gasteiger partial charge in [0.1, 0.15) is 12.1 Å². The van der Waals surface area contributed by atoms with E-state index in [1.165, 1.54) is 13.4 Å². The van der Waals surface area contributed by atoms with Crippen molar-refractivity contribution in [3.63, 3.8) is 0 Å². The topological polar surface area (TPSA) is 67.3 Å². The predicted octanol–water partition coefficient (Wildman–Crippen LogP) is 2.94. The summed E-state index contributed by atoms with van der Waals surface area (Å²) >= 11 is 0. The van der Waals surface area contributed by atoms with Gasteiger partial charge in [0.05, 0.1) is 12.6 Å². The summed E-state index contributed by atoms with van der Waals surface area (Å²) in [5, 5.41) is 13.9. The Balaban J connectivity index is 1.91. The Hall–Kier alpha value is -3.26. The van der Waals surface area contributed by atoms with Crippen molar-refractivity contribution in [2.75, 3.05) is 12.4 Å². The molecule has 0 saturated carbocycles. The lowest BCUT2D eigenvalue weighted by Gasteiger charge is -2.10. The van der Waals surface area contributed by atoms with Crippen LogP contribution in [0.1, 0.15) is 11.1 Å². The summed E-state index contributed by atoms with van der Waals surface area (Å²) in [6.07, 6.45) is 6.88. The summed E-state index contributed by atoms with van der Waals surface area (Å²) in [6, 6.07) is 11.0. The standard InChI is InChI=1S/C18H15N3O2/c1-3-12-5-4-6-13(7-12)10-19-18-14-8-16(22)17(23-2)9-15(14)20-11-21-18/h1,4-9,11,22H,10H2,2H3,(H,19,20,21). The monoisotopic (exact) mass is 305 g/mol. The maximum Gasteiger partial charge on any atom is 0.162 e. The first-order chi connectivity index (χ1) is 11.2. The zero-order valence-corrected chi connectivity index (χ0v) is 12.6. The highest BCUT2D eigenvalue weighted by Gasteiger charge is 2.09. The van der Waals surface area contributed by atoms with Crippen LogP contribution in [0.15, 0.2) is 42.7 Å². The van der Waals surface area contributed by atoms with E-state index in [1.54, 1.807) is 12.1 Å². The van der Waals surface area contributed by atoms with E-state index in [0.717, 1.165) is 16.5 Å². The number of terminal acetylenes is 1. The van der Waals surface area contributed by atoms with Crippen LogP contribution in [-0.4, -0.2) is 22.2 Å². The highest BCUT2D eigenvalue weighted by Crippen LogP contribution is 2.32. The van der Waals surface area contributed by atoms with Crippen molar-refractivity contribution in [1.29, 1.82) is 0 Å². The van der Waals surface area contributed by atoms with Crippen molar-refractivity contribution in [3.05, 3.63) is 53.9 Å². The second kappa shape index (κ2) is 6.24. The summed E-state index contributed by atoms with van der Waals surface area (Å²) in [7, 11) is 1.50. The van der Waals surface area contributed by atoms with Crippen LogP contribution in [0.3, 0.4) is 0 Å². The smallest absolute Gasteiger partial charge is 0.162 e. The number of aromatic nitrogens is 2. The number of anilines is 1. The number of hydrogen-bond acceptors (Lipinski definition) is 5. The number of rotatable bonds is 4. The Labute approximate surface area is 134 Å². The molecule has 5 nitrogen and oxygen atoms in total. The lowest BCUT2D eigenvalue weighted by atomic mass is 10.1. The van der Waals surface area contributed by atoms with Crippen molar-refractivity contribution < 1.29 is 9.84 Å². The van der Waals surface area contributed by atoms with E-state index in [0.29, 0.717) is 23.6 Å². The van der Waals surface area contributed by atoms with Gasteiger partial charge in [-0.25, -0.2) is 9.97 Å². The van der Waals surface area contributed by atoms with Gasteiger partial charge in [0.25, 0.3) is 0 Å². The molecule has 0 amide bonds. The SMILES string of the molecule is C#Cc1cccc(CNc2ncnc3cc(OC)c(O)cc23)c1. The molecule has 5 heteroatoms. The average molecular weight is 305 g/mol. The van der Waals surface area contributed by atoms with Gasteiger partial charge in [0.2, 0.25) is 0 Å². The van der Waals surface area contributed by atoms with Gasteiger partial charge in [0, 0.05) is 23.6 Å². The molecule has 3 aromatic rings. The van der Waals surface area contributed by atoms with Crippen LogP contribution in [-0.2, 0) is 6.54 Å². The van der Waals surface area contributed by atoms with E-state index in [1.807, 2.05) is 24.3 Å². The number of phenols is 1. The number of fused-ring (bicyclic) bond motifs is 1. The molecule has 0 unspecified atom stereocenters. The molecular formula is C18H15N3O2. The lowest BCUT2D eigenvalue weighted by molar-refractivity contribution is 0.374. The van der Waals surface area contributed by atoms with Crippen molar-refractivity contribution in [2.45, 2.75) is 6.54 Å². The maximum absolute atomic E-state index is 9.96. The summed E-state index contributed by atoms with van der Waals surface area (Å²) in [5.74, 6) is 3.68. The van der Waals surface area contributed by atoms with Crippen molar-refractivity contribution >= 4 is 16.7 Å². The summed E-state index contributed by atoms with van der Waals surface area (Å²) in [5.41, 5.74) is 2.57. The van der Waals surface area contributed by atoms with E-state index >= 15 is 0 Å². The fraction of sp³-hybridized carbons (Fsp3) is 0.111. The number of nitrogens with zero attached hydrogens (tertiary/aromatic N) is 2. The molecule has 0 aliphatic rings. The molecule has 0 spiro atoms. The zero-order valence-electron chi connectivity index (χ0n) is 12.6. The largest absolute Gasteiger partial charge is 0.504 e. The number of nitrogens with one attached hydrogen (secondary N) is 1. The Morgan fingerprint density at radius 3 is 2.91 bits per heavy atom. The van der Waals surface area contributed by atoms with Gasteiger partial charge >= 0.3 is 0 Å². The van der Waals surface area contributed by atoms with Gasteiger partial charge in [-0.2, -0.15) is 0 Å². The third-order valence-corrected chi connectivity index (χ3v) is 3.49. The van der Waals surface area contributed by atoms with E-state index in [2.05, 4.69) is 21.2 Å². The second-order valence-corrected chi connectivity index (χ2v) is 4.96. The van der Waals surface area contributed by atoms with Gasteiger partial charge in [-0.15, -0.1) is 6.42 Å². The first-order valence-electron chi connectivity index (χ1n) is 7.02. The highest BCUT2D eigenvalue weighted by molar-refractivity contribution is 5.91. The first-order valence-corrected chi connectivity index (χ1v) is 7.02. The minimum Gasteiger partial charge on any atom is -0.504 e. The normalized spacial score (nSPS) is 10.3. The minimum atomic E-state index is 0.0483. The average Bonchev–Trinajstić information content (AvgIpc) is 2.59. The van der Waals surface area contributed by atoms with Crippen LogP contribution in [0.5, 0.6) is 11.5 Å². The van der Waals surface area contributed by atoms with Gasteiger partial charge in [-0.1, -0.05) is 18.1 Å². The number of aromatic hydroxyl groups is 1. The molecular weight excluding hydrogens is 290 g/mol. The quantitative estimate of drug-likeness (QED) is 0.725. The Morgan fingerprint density at radius 1 is 1.26 bits per heavy atom. The van der Waals surface area contributed by atoms with Crippen LogP contribution < -0.4 is 10.1 Å². The van der Waals surface area contributed by atoms with Crippen LogP contribution in [0, 0.1) is 12.3 Å². The number of ether oxygens (including phenoxy) is 1. The summed E-state index contributed by atoms with van der Waals surface area (Å²) < 4.78 is 5.10. The van der Waals surface area contributed by atoms with Crippen LogP contribution in [0.25, 0.3) is 10.9 Å². The fourth-order valence-corrected chi connectivity index (χ4v) is 2.33. The lowest BCUT2D eigenvalue weighted by Crippen LogP contribution is -2.03. The zero-order chi connectivity index (χ0) is 16.2. The Bertz CT molecular complexity index is 900. The molecule has 0 saturated heterocycles. The second-order valence-electron chi connectivity index (χ2n) is 4.96. The maximum atomic E-state index is 9.96. The van der Waals surface area contributed by atoms with E-state index in [-0.39, 0.29) is 5.75 Å². The first kappa shape index (κ1) is 14.7. The molecule has 0 radical (unpaired) electrons. The molecule has 23 heavy (non-hydrogen) atoms. The van der Waals surface area contributed by atoms with Crippen molar-refractivity contribution in [3.8, 4) is 23.8 Å². The van der Waals surface area contributed by atoms with Gasteiger partial charge in [-0.3, -0.25) is 0 Å². The van der Waals surface area contributed by atoms with Crippen LogP contribution in [0.4, 0.5) is 5.82 Å². The molecule has 2 N–H and O–H groups in total. The molecule has 114 valence electrons. The Morgan fingerprint density at radius 2 is 2.13 bits per heavy atom. The summed E-state index contributed by atoms with van der Waals surface area (Å²) in [6.45, 7) is 0.564. The molecule has 0 bridgehead atoms. The van der Waals surface area contributed by atoms with Crippen LogP contribution in [0.2, 0.25) is 0 Å². The molecule has 1 aromatic heterocycles. The predicted molar refractivity (Wildman–Crippen MR) is 89.5 cm³/mol. The van der Waals surface area contributed by atoms with E-state index in [9.17, 15) is 5.11 Å². The minimum absolute atomic E-state index is 0.0483. The van der Waals surface area contributed by atoms with Crippen molar-refractivity contribution in [1.82, 2.24) is 9.97 Å². The number of hydrogen-bond donors (Lipinski definition) is 2. The van der Waals surface area contributed by atoms with E-state index < -0.39 is 0 Å².